The summed E-state index contributed by atoms with van der Waals surface area (Å²) in [5.41, 5.74) is 0.389. The van der Waals surface area contributed by atoms with Gasteiger partial charge in [-0.05, 0) is 43.7 Å². The number of ether oxygens (including phenoxy) is 1. The second-order valence-electron chi connectivity index (χ2n) is 5.01. The van der Waals surface area contributed by atoms with Crippen LogP contribution in [0.2, 0.25) is 0 Å². The summed E-state index contributed by atoms with van der Waals surface area (Å²) in [4.78, 5) is 14.9. The number of aromatic carboxylic acids is 1. The number of anilines is 1. The molecule has 0 amide bonds. The van der Waals surface area contributed by atoms with Gasteiger partial charge in [0.15, 0.2) is 5.69 Å². The lowest BCUT2D eigenvalue weighted by molar-refractivity contribution is 0.0690. The summed E-state index contributed by atoms with van der Waals surface area (Å²) in [5, 5.41) is 12.1. The Bertz CT molecular complexity index is 444. The minimum atomic E-state index is -0.999. The molecule has 0 aromatic carbocycles. The van der Waals surface area contributed by atoms with Crippen LogP contribution in [0.15, 0.2) is 18.2 Å². The lowest BCUT2D eigenvalue weighted by Gasteiger charge is -2.16. The topological polar surface area (TPSA) is 71.5 Å². The fourth-order valence-corrected chi connectivity index (χ4v) is 2.06. The molecule has 1 saturated carbocycles. The molecule has 104 valence electrons. The predicted octanol–water partition coefficient (Wildman–Crippen LogP) is 2.40. The van der Waals surface area contributed by atoms with Crippen LogP contribution in [-0.4, -0.2) is 35.8 Å². The first-order valence-corrected chi connectivity index (χ1v) is 6.67. The largest absolute Gasteiger partial charge is 0.477 e. The average Bonchev–Trinajstić information content (AvgIpc) is 3.18. The first-order valence-electron chi connectivity index (χ1n) is 6.67. The van der Waals surface area contributed by atoms with Gasteiger partial charge in [-0.2, -0.15) is 0 Å². The summed E-state index contributed by atoms with van der Waals surface area (Å²) in [7, 11) is 0. The first kappa shape index (κ1) is 13.8. The molecule has 0 saturated heterocycles. The van der Waals surface area contributed by atoms with E-state index in [0.29, 0.717) is 11.2 Å². The van der Waals surface area contributed by atoms with Gasteiger partial charge in [0, 0.05) is 19.8 Å². The van der Waals surface area contributed by atoms with E-state index in [2.05, 4.69) is 10.3 Å². The summed E-state index contributed by atoms with van der Waals surface area (Å²) >= 11 is 0. The molecule has 19 heavy (non-hydrogen) atoms. The van der Waals surface area contributed by atoms with Crippen molar-refractivity contribution in [2.24, 2.45) is 5.41 Å². The number of nitrogens with one attached hydrogen (secondary N) is 1. The van der Waals surface area contributed by atoms with Crippen LogP contribution in [0.5, 0.6) is 0 Å². The molecule has 0 radical (unpaired) electrons. The summed E-state index contributed by atoms with van der Waals surface area (Å²) in [5.74, 6) is -0.372. The van der Waals surface area contributed by atoms with E-state index >= 15 is 0 Å². The third-order valence-corrected chi connectivity index (χ3v) is 3.55. The Kier molecular flexibility index (Phi) is 4.37. The van der Waals surface area contributed by atoms with Crippen LogP contribution in [0.1, 0.15) is 36.7 Å². The Labute approximate surface area is 113 Å². The number of carboxylic acids is 1. The molecule has 5 heteroatoms. The van der Waals surface area contributed by atoms with Gasteiger partial charge in [0.05, 0.1) is 0 Å². The fraction of sp³-hybridized carbons (Fsp3) is 0.571. The number of aromatic nitrogens is 1. The molecule has 1 aromatic rings. The minimum absolute atomic E-state index is 0.0733. The Morgan fingerprint density at radius 2 is 2.32 bits per heavy atom. The van der Waals surface area contributed by atoms with E-state index in [4.69, 9.17) is 9.84 Å². The average molecular weight is 264 g/mol. The lowest BCUT2D eigenvalue weighted by Crippen LogP contribution is -2.18. The van der Waals surface area contributed by atoms with Crippen molar-refractivity contribution in [1.29, 1.82) is 0 Å². The standard InChI is InChI=1S/C14H20N2O3/c1-2-19-9-8-14(6-7-14)10-15-12-5-3-4-11(16-12)13(17)18/h3-5H,2,6-10H2,1H3,(H,15,16)(H,17,18). The van der Waals surface area contributed by atoms with Gasteiger partial charge >= 0.3 is 5.97 Å². The number of hydrogen-bond acceptors (Lipinski definition) is 4. The maximum Gasteiger partial charge on any atom is 0.354 e. The zero-order chi connectivity index (χ0) is 13.7. The van der Waals surface area contributed by atoms with E-state index < -0.39 is 5.97 Å². The smallest absolute Gasteiger partial charge is 0.354 e. The zero-order valence-electron chi connectivity index (χ0n) is 11.2. The third-order valence-electron chi connectivity index (χ3n) is 3.55. The number of rotatable bonds is 8. The van der Waals surface area contributed by atoms with E-state index in [0.717, 1.165) is 26.2 Å². The first-order chi connectivity index (χ1) is 9.15. The van der Waals surface area contributed by atoms with Crippen LogP contribution < -0.4 is 5.32 Å². The van der Waals surface area contributed by atoms with Crippen LogP contribution in [0.25, 0.3) is 0 Å². The van der Waals surface area contributed by atoms with Crippen molar-refractivity contribution >= 4 is 11.8 Å². The highest BCUT2D eigenvalue weighted by Crippen LogP contribution is 2.48. The highest BCUT2D eigenvalue weighted by Gasteiger charge is 2.41. The molecule has 2 rings (SSSR count). The maximum atomic E-state index is 10.8. The monoisotopic (exact) mass is 264 g/mol. The lowest BCUT2D eigenvalue weighted by atomic mass is 10.0. The molecule has 0 aliphatic heterocycles. The van der Waals surface area contributed by atoms with Gasteiger partial charge in [0.25, 0.3) is 0 Å². The van der Waals surface area contributed by atoms with Crippen LogP contribution in [0, 0.1) is 5.41 Å². The third kappa shape index (κ3) is 3.92. The molecule has 1 aromatic heterocycles. The van der Waals surface area contributed by atoms with Gasteiger partial charge in [0.1, 0.15) is 5.82 Å². The second kappa shape index (κ2) is 6.02. The van der Waals surface area contributed by atoms with Gasteiger partial charge in [-0.1, -0.05) is 6.07 Å². The second-order valence-corrected chi connectivity index (χ2v) is 5.01. The van der Waals surface area contributed by atoms with Crippen molar-refractivity contribution in [3.05, 3.63) is 23.9 Å². The van der Waals surface area contributed by atoms with Gasteiger partial charge in [-0.15, -0.1) is 0 Å². The van der Waals surface area contributed by atoms with Crippen molar-refractivity contribution in [1.82, 2.24) is 4.98 Å². The van der Waals surface area contributed by atoms with Crippen molar-refractivity contribution in [2.75, 3.05) is 25.1 Å². The molecule has 1 aliphatic carbocycles. The molecule has 1 fully saturated rings. The van der Waals surface area contributed by atoms with Crippen LogP contribution in [0.4, 0.5) is 5.82 Å². The van der Waals surface area contributed by atoms with Crippen molar-refractivity contribution in [3.8, 4) is 0 Å². The molecule has 0 unspecified atom stereocenters. The van der Waals surface area contributed by atoms with Gasteiger partial charge in [-0.3, -0.25) is 0 Å². The van der Waals surface area contributed by atoms with E-state index in [-0.39, 0.29) is 5.69 Å². The zero-order valence-corrected chi connectivity index (χ0v) is 11.2. The quantitative estimate of drug-likeness (QED) is 0.705. The Balaban J connectivity index is 1.85. The molecule has 0 bridgehead atoms. The number of carbonyl (C=O) groups is 1. The highest BCUT2D eigenvalue weighted by molar-refractivity contribution is 5.85. The highest BCUT2D eigenvalue weighted by atomic mass is 16.5. The molecular formula is C14H20N2O3. The number of carboxylic acid groups (broad SMARTS) is 1. The van der Waals surface area contributed by atoms with Crippen molar-refractivity contribution in [3.63, 3.8) is 0 Å². The van der Waals surface area contributed by atoms with Crippen molar-refractivity contribution in [2.45, 2.75) is 26.2 Å². The predicted molar refractivity (Wildman–Crippen MR) is 72.5 cm³/mol. The van der Waals surface area contributed by atoms with E-state index in [1.54, 1.807) is 12.1 Å². The Hall–Kier alpha value is -1.62. The number of pyridine rings is 1. The molecule has 2 N–H and O–H groups in total. The van der Waals surface area contributed by atoms with E-state index in [9.17, 15) is 4.79 Å². The summed E-state index contributed by atoms with van der Waals surface area (Å²) in [6, 6.07) is 5.00. The SMILES string of the molecule is CCOCCC1(CNc2cccc(C(=O)O)n2)CC1. The molecule has 1 heterocycles. The van der Waals surface area contributed by atoms with Gasteiger partial charge in [-0.25, -0.2) is 9.78 Å². The Morgan fingerprint density at radius 1 is 1.53 bits per heavy atom. The van der Waals surface area contributed by atoms with Crippen LogP contribution >= 0.6 is 0 Å². The molecular weight excluding hydrogens is 244 g/mol. The molecule has 5 nitrogen and oxygen atoms in total. The summed E-state index contributed by atoms with van der Waals surface area (Å²) in [6.45, 7) is 4.38. The van der Waals surface area contributed by atoms with Crippen LogP contribution in [-0.2, 0) is 4.74 Å². The molecule has 0 atom stereocenters. The molecule has 1 aliphatic rings. The maximum absolute atomic E-state index is 10.8. The van der Waals surface area contributed by atoms with Gasteiger partial charge < -0.3 is 15.2 Å². The number of nitrogens with zero attached hydrogens (tertiary/aromatic N) is 1. The minimum Gasteiger partial charge on any atom is -0.477 e. The summed E-state index contributed by atoms with van der Waals surface area (Å²) in [6.07, 6.45) is 3.45. The van der Waals surface area contributed by atoms with E-state index in [1.165, 1.54) is 18.9 Å². The fourth-order valence-electron chi connectivity index (χ4n) is 2.06. The summed E-state index contributed by atoms with van der Waals surface area (Å²) < 4.78 is 5.39. The van der Waals surface area contributed by atoms with Gasteiger partial charge in [0.2, 0.25) is 0 Å². The van der Waals surface area contributed by atoms with Crippen molar-refractivity contribution < 1.29 is 14.6 Å². The van der Waals surface area contributed by atoms with E-state index in [1.807, 2.05) is 6.92 Å². The normalized spacial score (nSPS) is 16.1. The van der Waals surface area contributed by atoms with Crippen LogP contribution in [0.3, 0.4) is 0 Å². The number of hydrogen-bond donors (Lipinski definition) is 2. The molecule has 0 spiro atoms. The Morgan fingerprint density at radius 3 is 2.95 bits per heavy atom.